The summed E-state index contributed by atoms with van der Waals surface area (Å²) >= 11 is 0. The van der Waals surface area contributed by atoms with Crippen molar-refractivity contribution in [1.82, 2.24) is 0 Å². The van der Waals surface area contributed by atoms with E-state index in [1.807, 2.05) is 4.90 Å². The third-order valence-corrected chi connectivity index (χ3v) is 3.90. The highest BCUT2D eigenvalue weighted by molar-refractivity contribution is 7.90. The van der Waals surface area contributed by atoms with E-state index < -0.39 is 15.7 Å². The van der Waals surface area contributed by atoms with Crippen molar-refractivity contribution in [3.8, 4) is 0 Å². The molecule has 0 aliphatic carbocycles. The zero-order valence-electron chi connectivity index (χ0n) is 10.6. The predicted molar refractivity (Wildman–Crippen MR) is 69.1 cm³/mol. The summed E-state index contributed by atoms with van der Waals surface area (Å²) in [6.07, 6.45) is 3.21. The average molecular weight is 275 g/mol. The number of hydrogen-bond acceptors (Lipinski definition) is 4. The second kappa shape index (κ2) is 6.15. The van der Waals surface area contributed by atoms with Crippen LogP contribution in [-0.4, -0.2) is 40.0 Å². The molecule has 1 aliphatic heterocycles. The molecule has 0 amide bonds. The van der Waals surface area contributed by atoms with E-state index in [0.717, 1.165) is 45.4 Å². The van der Waals surface area contributed by atoms with Gasteiger partial charge < -0.3 is 10.0 Å². The van der Waals surface area contributed by atoms with Crippen LogP contribution in [0.2, 0.25) is 0 Å². The first-order valence-corrected chi connectivity index (χ1v) is 7.57. The Kier molecular flexibility index (Phi) is 5.10. The van der Waals surface area contributed by atoms with Gasteiger partial charge in [0.15, 0.2) is 9.84 Å². The smallest absolute Gasteiger partial charge is 0.175 e. The average Bonchev–Trinajstić information content (AvgIpc) is 2.84. The van der Waals surface area contributed by atoms with Crippen LogP contribution in [0.5, 0.6) is 0 Å². The van der Waals surface area contributed by atoms with Crippen LogP contribution in [0, 0.1) is 5.82 Å². The van der Waals surface area contributed by atoms with Gasteiger partial charge in [0, 0.05) is 26.5 Å². The summed E-state index contributed by atoms with van der Waals surface area (Å²) in [7, 11) is -2.32. The Labute approximate surface area is 107 Å². The molecular weight excluding hydrogens is 257 g/mol. The van der Waals surface area contributed by atoms with Gasteiger partial charge in [-0.25, -0.2) is 12.8 Å². The Balaban J connectivity index is 0.000000771. The first-order valence-electron chi connectivity index (χ1n) is 5.68. The summed E-state index contributed by atoms with van der Waals surface area (Å²) in [4.78, 5) is 1.98. The lowest BCUT2D eigenvalue weighted by Crippen LogP contribution is -2.19. The van der Waals surface area contributed by atoms with Crippen molar-refractivity contribution < 1.29 is 17.9 Å². The Hall–Kier alpha value is -1.14. The molecule has 0 aromatic heterocycles. The Morgan fingerprint density at radius 2 is 1.78 bits per heavy atom. The van der Waals surface area contributed by atoms with E-state index in [2.05, 4.69) is 0 Å². The highest BCUT2D eigenvalue weighted by atomic mass is 32.2. The summed E-state index contributed by atoms with van der Waals surface area (Å²) in [5.74, 6) is -0.454. The summed E-state index contributed by atoms with van der Waals surface area (Å²) in [6.45, 7) is 1.68. The molecule has 0 spiro atoms. The third-order valence-electron chi connectivity index (χ3n) is 2.79. The van der Waals surface area contributed by atoms with Crippen molar-refractivity contribution in [3.63, 3.8) is 0 Å². The molecule has 1 aliphatic rings. The second-order valence-corrected chi connectivity index (χ2v) is 6.10. The zero-order valence-corrected chi connectivity index (χ0v) is 11.4. The monoisotopic (exact) mass is 275 g/mol. The van der Waals surface area contributed by atoms with Gasteiger partial charge in [0.1, 0.15) is 5.82 Å². The van der Waals surface area contributed by atoms with Gasteiger partial charge in [-0.05, 0) is 31.0 Å². The molecule has 1 heterocycles. The highest BCUT2D eigenvalue weighted by Crippen LogP contribution is 2.25. The van der Waals surface area contributed by atoms with Crippen LogP contribution in [0.25, 0.3) is 0 Å². The molecule has 0 radical (unpaired) electrons. The summed E-state index contributed by atoms with van der Waals surface area (Å²) in [6, 6.07) is 4.12. The predicted octanol–water partition coefficient (Wildman–Crippen LogP) is 1.44. The van der Waals surface area contributed by atoms with Crippen LogP contribution in [0.4, 0.5) is 10.1 Å². The first kappa shape index (κ1) is 14.9. The molecule has 1 aromatic carbocycles. The number of sulfone groups is 1. The minimum atomic E-state index is -3.32. The van der Waals surface area contributed by atoms with Crippen molar-refractivity contribution in [3.05, 3.63) is 24.0 Å². The first-order chi connectivity index (χ1) is 8.48. The van der Waals surface area contributed by atoms with Crippen molar-refractivity contribution in [2.75, 3.05) is 31.4 Å². The molecule has 1 saturated heterocycles. The molecule has 4 nitrogen and oxygen atoms in total. The van der Waals surface area contributed by atoms with Crippen LogP contribution in [0.3, 0.4) is 0 Å². The van der Waals surface area contributed by atoms with E-state index in [-0.39, 0.29) is 4.90 Å². The maximum absolute atomic E-state index is 13.7. The summed E-state index contributed by atoms with van der Waals surface area (Å²) < 4.78 is 36.2. The minimum absolute atomic E-state index is 0.0351. The maximum Gasteiger partial charge on any atom is 0.175 e. The molecule has 18 heavy (non-hydrogen) atoms. The van der Waals surface area contributed by atoms with Gasteiger partial charge in [-0.3, -0.25) is 0 Å². The Morgan fingerprint density at radius 3 is 2.22 bits per heavy atom. The topological polar surface area (TPSA) is 57.6 Å². The highest BCUT2D eigenvalue weighted by Gasteiger charge is 2.18. The molecular formula is C12H18FNO3S. The lowest BCUT2D eigenvalue weighted by Gasteiger charge is -2.18. The van der Waals surface area contributed by atoms with Gasteiger partial charge in [0.2, 0.25) is 0 Å². The standard InChI is InChI=1S/C11H14FNO2S.CH4O/c1-16(14,15)9-4-5-11(10(12)8-9)13-6-2-3-7-13;1-2/h4-5,8H,2-3,6-7H2,1H3;2H,1H3. The van der Waals surface area contributed by atoms with Crippen molar-refractivity contribution in [1.29, 1.82) is 0 Å². The van der Waals surface area contributed by atoms with E-state index in [0.29, 0.717) is 5.69 Å². The van der Waals surface area contributed by atoms with Gasteiger partial charge in [-0.15, -0.1) is 0 Å². The lowest BCUT2D eigenvalue weighted by atomic mass is 10.3. The second-order valence-electron chi connectivity index (χ2n) is 4.08. The zero-order chi connectivity index (χ0) is 13.8. The quantitative estimate of drug-likeness (QED) is 0.887. The number of rotatable bonds is 2. The molecule has 2 rings (SSSR count). The molecule has 1 fully saturated rings. The fraction of sp³-hybridized carbons (Fsp3) is 0.500. The third kappa shape index (κ3) is 3.43. The largest absolute Gasteiger partial charge is 0.400 e. The van der Waals surface area contributed by atoms with Gasteiger partial charge in [0.05, 0.1) is 10.6 Å². The van der Waals surface area contributed by atoms with E-state index in [1.165, 1.54) is 6.07 Å². The van der Waals surface area contributed by atoms with Gasteiger partial charge in [0.25, 0.3) is 0 Å². The van der Waals surface area contributed by atoms with Crippen molar-refractivity contribution in [2.45, 2.75) is 17.7 Å². The van der Waals surface area contributed by atoms with Crippen LogP contribution in [0.15, 0.2) is 23.1 Å². The summed E-state index contributed by atoms with van der Waals surface area (Å²) in [5, 5.41) is 7.00. The molecule has 0 saturated carbocycles. The van der Waals surface area contributed by atoms with Crippen LogP contribution in [-0.2, 0) is 9.84 Å². The normalized spacial score (nSPS) is 15.2. The molecule has 6 heteroatoms. The maximum atomic E-state index is 13.7. The molecule has 1 N–H and O–H groups in total. The molecule has 0 bridgehead atoms. The fourth-order valence-electron chi connectivity index (χ4n) is 1.93. The van der Waals surface area contributed by atoms with Crippen LogP contribution in [0.1, 0.15) is 12.8 Å². The molecule has 0 unspecified atom stereocenters. The number of nitrogens with zero attached hydrogens (tertiary/aromatic N) is 1. The van der Waals surface area contributed by atoms with E-state index in [9.17, 15) is 12.8 Å². The van der Waals surface area contributed by atoms with Crippen LogP contribution < -0.4 is 4.90 Å². The lowest BCUT2D eigenvalue weighted by molar-refractivity contribution is 0.399. The number of aliphatic hydroxyl groups excluding tert-OH is 1. The van der Waals surface area contributed by atoms with Gasteiger partial charge >= 0.3 is 0 Å². The molecule has 1 aromatic rings. The van der Waals surface area contributed by atoms with Gasteiger partial charge in [-0.2, -0.15) is 0 Å². The number of halogens is 1. The minimum Gasteiger partial charge on any atom is -0.400 e. The molecule has 102 valence electrons. The van der Waals surface area contributed by atoms with E-state index >= 15 is 0 Å². The number of anilines is 1. The van der Waals surface area contributed by atoms with Gasteiger partial charge in [-0.1, -0.05) is 0 Å². The number of aliphatic hydroxyl groups is 1. The Morgan fingerprint density at radius 1 is 1.22 bits per heavy atom. The fourth-order valence-corrected chi connectivity index (χ4v) is 2.57. The number of benzene rings is 1. The SMILES string of the molecule is CO.CS(=O)(=O)c1ccc(N2CCCC2)c(F)c1. The van der Waals surface area contributed by atoms with Crippen LogP contribution >= 0.6 is 0 Å². The van der Waals surface area contributed by atoms with Crippen molar-refractivity contribution in [2.24, 2.45) is 0 Å². The number of hydrogen-bond donors (Lipinski definition) is 1. The Bertz CT molecular complexity index is 496. The molecule has 0 atom stereocenters. The van der Waals surface area contributed by atoms with E-state index in [1.54, 1.807) is 6.07 Å². The van der Waals surface area contributed by atoms with Crippen molar-refractivity contribution >= 4 is 15.5 Å². The summed E-state index contributed by atoms with van der Waals surface area (Å²) in [5.41, 5.74) is 0.505. The van der Waals surface area contributed by atoms with E-state index in [4.69, 9.17) is 5.11 Å².